The number of pyridine rings is 1. The lowest BCUT2D eigenvalue weighted by molar-refractivity contribution is -0.137. The number of aryl methyl sites for hydroxylation is 1. The van der Waals surface area contributed by atoms with Crippen LogP contribution in [0.5, 0.6) is 0 Å². The average Bonchev–Trinajstić information content (AvgIpc) is 2.96. The molecule has 0 aliphatic carbocycles. The molecule has 1 saturated heterocycles. The molecule has 0 bridgehead atoms. The van der Waals surface area contributed by atoms with Gasteiger partial charge >= 0.3 is 6.18 Å². The smallest absolute Gasteiger partial charge is 0.355 e. The third-order valence-corrected chi connectivity index (χ3v) is 5.30. The Labute approximate surface area is 172 Å². The first-order chi connectivity index (χ1) is 14.1. The third-order valence-electron chi connectivity index (χ3n) is 5.30. The minimum Gasteiger partial charge on any atom is -0.355 e. The summed E-state index contributed by atoms with van der Waals surface area (Å²) in [4.78, 5) is 20.5. The number of amides is 1. The number of halogens is 4. The van der Waals surface area contributed by atoms with Crippen molar-refractivity contribution in [3.05, 3.63) is 53.5 Å². The molecule has 1 aromatic carbocycles. The van der Waals surface area contributed by atoms with Crippen LogP contribution in [0.3, 0.4) is 0 Å². The second-order valence-corrected chi connectivity index (χ2v) is 7.41. The summed E-state index contributed by atoms with van der Waals surface area (Å²) in [7, 11) is 0. The number of nitrogens with one attached hydrogen (secondary N) is 1. The molecule has 1 amide bonds. The molecule has 0 unspecified atom stereocenters. The van der Waals surface area contributed by atoms with E-state index in [9.17, 15) is 22.4 Å². The number of carbonyl (C=O) groups is 1. The van der Waals surface area contributed by atoms with Gasteiger partial charge in [0.2, 0.25) is 5.91 Å². The van der Waals surface area contributed by atoms with Crippen LogP contribution in [0.4, 0.5) is 29.1 Å². The van der Waals surface area contributed by atoms with Crippen LogP contribution in [-0.4, -0.2) is 48.0 Å². The van der Waals surface area contributed by atoms with Crippen LogP contribution in [-0.2, 0) is 11.0 Å². The van der Waals surface area contributed by atoms with Crippen LogP contribution < -0.4 is 10.2 Å². The second-order valence-electron chi connectivity index (χ2n) is 7.41. The molecule has 5 nitrogen and oxygen atoms in total. The summed E-state index contributed by atoms with van der Waals surface area (Å²) in [6.07, 6.45) is -2.83. The Morgan fingerprint density at radius 3 is 2.53 bits per heavy atom. The van der Waals surface area contributed by atoms with E-state index in [-0.39, 0.29) is 11.7 Å². The Morgan fingerprint density at radius 2 is 1.90 bits per heavy atom. The number of alkyl halides is 3. The summed E-state index contributed by atoms with van der Waals surface area (Å²) in [5.41, 5.74) is 0.131. The lowest BCUT2D eigenvalue weighted by Gasteiger charge is -2.27. The number of benzene rings is 1. The highest BCUT2D eigenvalue weighted by atomic mass is 19.4. The maximum Gasteiger partial charge on any atom is 0.417 e. The summed E-state index contributed by atoms with van der Waals surface area (Å²) < 4.78 is 51.9. The van der Waals surface area contributed by atoms with Gasteiger partial charge in [0.1, 0.15) is 11.6 Å². The van der Waals surface area contributed by atoms with E-state index < -0.39 is 17.8 Å². The molecule has 1 aromatic heterocycles. The van der Waals surface area contributed by atoms with Gasteiger partial charge in [0, 0.05) is 38.1 Å². The van der Waals surface area contributed by atoms with E-state index in [0.29, 0.717) is 43.2 Å². The SMILES string of the molecule is Cc1ccc(NC(=O)[C@@H](C)N2CCCN(c3ccc(C(F)(F)F)cn3)CC2)cc1F. The molecule has 0 spiro atoms. The summed E-state index contributed by atoms with van der Waals surface area (Å²) in [5, 5.41) is 2.74. The minimum atomic E-state index is -4.41. The van der Waals surface area contributed by atoms with Crippen LogP contribution in [0.1, 0.15) is 24.5 Å². The second kappa shape index (κ2) is 8.99. The number of hydrogen-bond donors (Lipinski definition) is 1. The van der Waals surface area contributed by atoms with Crippen molar-refractivity contribution < 1.29 is 22.4 Å². The van der Waals surface area contributed by atoms with Gasteiger partial charge in [-0.15, -0.1) is 0 Å². The molecule has 30 heavy (non-hydrogen) atoms. The van der Waals surface area contributed by atoms with Gasteiger partial charge in [-0.1, -0.05) is 6.07 Å². The first kappa shape index (κ1) is 22.0. The number of aromatic nitrogens is 1. The molecule has 1 N–H and O–H groups in total. The normalized spacial score (nSPS) is 16.8. The minimum absolute atomic E-state index is 0.237. The Morgan fingerprint density at radius 1 is 1.13 bits per heavy atom. The molecular formula is C21H24F4N4O. The number of carbonyl (C=O) groups excluding carboxylic acids is 1. The van der Waals surface area contributed by atoms with E-state index in [2.05, 4.69) is 10.3 Å². The first-order valence-corrected chi connectivity index (χ1v) is 9.74. The molecule has 162 valence electrons. The van der Waals surface area contributed by atoms with Crippen molar-refractivity contribution in [2.24, 2.45) is 0 Å². The molecule has 1 aliphatic rings. The molecule has 2 heterocycles. The Kier molecular flexibility index (Phi) is 6.60. The zero-order valence-electron chi connectivity index (χ0n) is 16.8. The predicted molar refractivity (Wildman–Crippen MR) is 107 cm³/mol. The summed E-state index contributed by atoms with van der Waals surface area (Å²) in [5.74, 6) is -0.133. The predicted octanol–water partition coefficient (Wildman–Crippen LogP) is 4.09. The van der Waals surface area contributed by atoms with Crippen LogP contribution in [0.2, 0.25) is 0 Å². The molecular weight excluding hydrogens is 400 g/mol. The quantitative estimate of drug-likeness (QED) is 0.752. The molecule has 1 aliphatic heterocycles. The zero-order chi connectivity index (χ0) is 21.9. The van der Waals surface area contributed by atoms with Crippen molar-refractivity contribution in [2.75, 3.05) is 36.4 Å². The lowest BCUT2D eigenvalue weighted by atomic mass is 10.2. The van der Waals surface area contributed by atoms with Crippen molar-refractivity contribution in [1.29, 1.82) is 0 Å². The highest BCUT2D eigenvalue weighted by Gasteiger charge is 2.31. The standard InChI is InChI=1S/C21H24F4N4O/c1-14-4-6-17(12-18(14)22)27-20(30)15(2)28-8-3-9-29(11-10-28)19-7-5-16(13-26-19)21(23,24)25/h4-7,12-13,15H,3,8-11H2,1-2H3,(H,27,30)/t15-/m1/s1. The Bertz CT molecular complexity index is 886. The Hall–Kier alpha value is -2.68. The van der Waals surface area contributed by atoms with Gasteiger partial charge in [0.05, 0.1) is 11.6 Å². The van der Waals surface area contributed by atoms with Gasteiger partial charge in [-0.05, 0) is 50.1 Å². The van der Waals surface area contributed by atoms with Gasteiger partial charge in [0.15, 0.2) is 0 Å². The van der Waals surface area contributed by atoms with Gasteiger partial charge in [-0.2, -0.15) is 13.2 Å². The summed E-state index contributed by atoms with van der Waals surface area (Å²) in [6, 6.07) is 6.53. The number of rotatable bonds is 4. The number of nitrogens with zero attached hydrogens (tertiary/aromatic N) is 3. The van der Waals surface area contributed by atoms with E-state index in [4.69, 9.17) is 0 Å². The van der Waals surface area contributed by atoms with Crippen LogP contribution in [0.25, 0.3) is 0 Å². The van der Waals surface area contributed by atoms with Crippen molar-refractivity contribution in [2.45, 2.75) is 32.5 Å². The van der Waals surface area contributed by atoms with E-state index in [1.54, 1.807) is 26.0 Å². The third kappa shape index (κ3) is 5.27. The molecule has 2 aromatic rings. The maximum atomic E-state index is 13.7. The van der Waals surface area contributed by atoms with Crippen molar-refractivity contribution >= 4 is 17.4 Å². The molecule has 1 fully saturated rings. The van der Waals surface area contributed by atoms with Crippen molar-refractivity contribution in [3.63, 3.8) is 0 Å². The number of anilines is 2. The largest absolute Gasteiger partial charge is 0.417 e. The monoisotopic (exact) mass is 424 g/mol. The van der Waals surface area contributed by atoms with Crippen molar-refractivity contribution in [1.82, 2.24) is 9.88 Å². The van der Waals surface area contributed by atoms with Gasteiger partial charge in [-0.25, -0.2) is 9.37 Å². The molecule has 1 atom stereocenters. The number of hydrogen-bond acceptors (Lipinski definition) is 4. The maximum absolute atomic E-state index is 13.7. The fourth-order valence-corrected chi connectivity index (χ4v) is 3.38. The average molecular weight is 424 g/mol. The zero-order valence-corrected chi connectivity index (χ0v) is 16.8. The lowest BCUT2D eigenvalue weighted by Crippen LogP contribution is -2.44. The van der Waals surface area contributed by atoms with E-state index in [0.717, 1.165) is 18.7 Å². The first-order valence-electron chi connectivity index (χ1n) is 9.74. The fraction of sp³-hybridized carbons (Fsp3) is 0.429. The summed E-state index contributed by atoms with van der Waals surface area (Å²) in [6.45, 7) is 5.82. The van der Waals surface area contributed by atoms with Gasteiger partial charge < -0.3 is 10.2 Å². The Balaban J connectivity index is 1.59. The van der Waals surface area contributed by atoms with Gasteiger partial charge in [0.25, 0.3) is 0 Å². The molecule has 9 heteroatoms. The van der Waals surface area contributed by atoms with Crippen LogP contribution in [0, 0.1) is 12.7 Å². The van der Waals surface area contributed by atoms with E-state index in [1.807, 2.05) is 9.80 Å². The highest BCUT2D eigenvalue weighted by Crippen LogP contribution is 2.29. The molecule has 0 saturated carbocycles. The molecule has 3 rings (SSSR count). The van der Waals surface area contributed by atoms with Crippen molar-refractivity contribution in [3.8, 4) is 0 Å². The fourth-order valence-electron chi connectivity index (χ4n) is 3.38. The topological polar surface area (TPSA) is 48.5 Å². The van der Waals surface area contributed by atoms with E-state index >= 15 is 0 Å². The highest BCUT2D eigenvalue weighted by molar-refractivity contribution is 5.94. The van der Waals surface area contributed by atoms with Crippen LogP contribution in [0.15, 0.2) is 36.5 Å². The summed E-state index contributed by atoms with van der Waals surface area (Å²) >= 11 is 0. The van der Waals surface area contributed by atoms with E-state index in [1.165, 1.54) is 12.1 Å². The molecule has 0 radical (unpaired) electrons. The van der Waals surface area contributed by atoms with Gasteiger partial charge in [-0.3, -0.25) is 9.69 Å². The van der Waals surface area contributed by atoms with Crippen LogP contribution >= 0.6 is 0 Å².